The minimum Gasteiger partial charge on any atom is -0.342 e. The van der Waals surface area contributed by atoms with Crippen molar-refractivity contribution in [3.63, 3.8) is 0 Å². The van der Waals surface area contributed by atoms with Gasteiger partial charge in [0.2, 0.25) is 5.91 Å². The number of hydrogen-bond donors (Lipinski definition) is 1. The van der Waals surface area contributed by atoms with Crippen molar-refractivity contribution in [3.8, 4) is 0 Å². The van der Waals surface area contributed by atoms with E-state index in [2.05, 4.69) is 9.88 Å². The topological polar surface area (TPSA) is 69.3 Å². The second-order valence-corrected chi connectivity index (χ2v) is 10.1. The Hall–Kier alpha value is -1.69. The van der Waals surface area contributed by atoms with Crippen LogP contribution in [0.3, 0.4) is 0 Å². The molecule has 6 heteroatoms. The molecular weight excluding hydrogens is 376 g/mol. The molecular formula is C24H36N4O2. The van der Waals surface area contributed by atoms with Crippen molar-refractivity contribution in [2.24, 2.45) is 5.92 Å². The van der Waals surface area contributed by atoms with Crippen molar-refractivity contribution < 1.29 is 4.79 Å². The van der Waals surface area contributed by atoms with E-state index in [-0.39, 0.29) is 11.5 Å². The van der Waals surface area contributed by atoms with Crippen molar-refractivity contribution >= 4 is 5.91 Å². The van der Waals surface area contributed by atoms with Gasteiger partial charge in [0.25, 0.3) is 5.56 Å². The number of H-pyrrole nitrogens is 1. The van der Waals surface area contributed by atoms with Crippen LogP contribution < -0.4 is 5.56 Å². The maximum absolute atomic E-state index is 12.8. The molecule has 164 valence electrons. The lowest BCUT2D eigenvalue weighted by Gasteiger charge is -2.32. The van der Waals surface area contributed by atoms with Gasteiger partial charge in [0.15, 0.2) is 0 Å². The Morgan fingerprint density at radius 3 is 2.57 bits per heavy atom. The van der Waals surface area contributed by atoms with E-state index in [1.165, 1.54) is 57.8 Å². The Kier molecular flexibility index (Phi) is 5.94. The number of carbonyl (C=O) groups excluding carboxylic acids is 1. The zero-order valence-electron chi connectivity index (χ0n) is 18.2. The molecule has 1 saturated heterocycles. The minimum atomic E-state index is 0.0491. The molecule has 0 radical (unpaired) electrons. The normalized spacial score (nSPS) is 26.3. The first-order valence-corrected chi connectivity index (χ1v) is 12.3. The highest BCUT2D eigenvalue weighted by Crippen LogP contribution is 2.31. The number of nitrogens with zero attached hydrogens (tertiary/aromatic N) is 3. The molecule has 6 nitrogen and oxygen atoms in total. The molecule has 30 heavy (non-hydrogen) atoms. The van der Waals surface area contributed by atoms with Crippen LogP contribution in [0, 0.1) is 5.92 Å². The third kappa shape index (κ3) is 4.20. The fourth-order valence-corrected chi connectivity index (χ4v) is 6.23. The van der Waals surface area contributed by atoms with E-state index in [1.54, 1.807) is 0 Å². The molecule has 0 unspecified atom stereocenters. The summed E-state index contributed by atoms with van der Waals surface area (Å²) in [5, 5.41) is 0. The molecule has 1 aromatic heterocycles. The number of carbonyl (C=O) groups is 1. The van der Waals surface area contributed by atoms with Gasteiger partial charge in [0, 0.05) is 50.1 Å². The first-order valence-electron chi connectivity index (χ1n) is 12.3. The standard InChI is InChI=1S/C24H36N4O2/c29-22(14-17-6-2-1-3-7-17)28-12-10-18(15-28)23-25-21-16-27(19-8-4-5-9-19)13-11-20(21)24(30)26-23/h17-19H,1-16H2,(H,25,26,30)/t18-/m0/s1. The maximum Gasteiger partial charge on any atom is 0.254 e. The van der Waals surface area contributed by atoms with E-state index in [0.717, 1.165) is 49.6 Å². The molecule has 2 saturated carbocycles. The molecule has 0 aromatic carbocycles. The quantitative estimate of drug-likeness (QED) is 0.823. The van der Waals surface area contributed by atoms with Crippen LogP contribution in [-0.2, 0) is 17.8 Å². The summed E-state index contributed by atoms with van der Waals surface area (Å²) in [6, 6.07) is 0.669. The van der Waals surface area contributed by atoms with Gasteiger partial charge >= 0.3 is 0 Å². The number of aromatic amines is 1. The monoisotopic (exact) mass is 412 g/mol. The lowest BCUT2D eigenvalue weighted by Crippen LogP contribution is -2.41. The van der Waals surface area contributed by atoms with Crippen molar-refractivity contribution in [3.05, 3.63) is 27.4 Å². The smallest absolute Gasteiger partial charge is 0.254 e. The maximum atomic E-state index is 12.8. The molecule has 4 aliphatic rings. The van der Waals surface area contributed by atoms with Crippen LogP contribution in [0.2, 0.25) is 0 Å². The molecule has 3 fully saturated rings. The van der Waals surface area contributed by atoms with Gasteiger partial charge in [-0.25, -0.2) is 4.98 Å². The molecule has 2 aliphatic carbocycles. The van der Waals surface area contributed by atoms with E-state index in [4.69, 9.17) is 4.98 Å². The molecule has 1 atom stereocenters. The molecule has 5 rings (SSSR count). The first kappa shape index (κ1) is 20.2. The van der Waals surface area contributed by atoms with E-state index in [9.17, 15) is 9.59 Å². The average molecular weight is 413 g/mol. The van der Waals surface area contributed by atoms with Crippen molar-refractivity contribution in [2.75, 3.05) is 19.6 Å². The van der Waals surface area contributed by atoms with Crippen LogP contribution in [0.15, 0.2) is 4.79 Å². The van der Waals surface area contributed by atoms with Crippen LogP contribution >= 0.6 is 0 Å². The number of aromatic nitrogens is 2. The largest absolute Gasteiger partial charge is 0.342 e. The van der Waals surface area contributed by atoms with Crippen LogP contribution in [0.4, 0.5) is 0 Å². The second-order valence-electron chi connectivity index (χ2n) is 10.1. The van der Waals surface area contributed by atoms with E-state index in [1.807, 2.05) is 4.90 Å². The van der Waals surface area contributed by atoms with E-state index in [0.29, 0.717) is 30.8 Å². The van der Waals surface area contributed by atoms with Crippen molar-refractivity contribution in [1.29, 1.82) is 0 Å². The van der Waals surface area contributed by atoms with Gasteiger partial charge in [-0.2, -0.15) is 0 Å². The molecule has 2 aliphatic heterocycles. The molecule has 1 aromatic rings. The molecule has 1 amide bonds. The second kappa shape index (κ2) is 8.81. The summed E-state index contributed by atoms with van der Waals surface area (Å²) in [5.74, 6) is 1.85. The van der Waals surface area contributed by atoms with Gasteiger partial charge in [-0.3, -0.25) is 14.5 Å². The number of hydrogen-bond acceptors (Lipinski definition) is 4. The van der Waals surface area contributed by atoms with Gasteiger partial charge < -0.3 is 9.88 Å². The summed E-state index contributed by atoms with van der Waals surface area (Å²) in [4.78, 5) is 38.2. The lowest BCUT2D eigenvalue weighted by molar-refractivity contribution is -0.131. The van der Waals surface area contributed by atoms with Gasteiger partial charge in [-0.15, -0.1) is 0 Å². The highest BCUT2D eigenvalue weighted by atomic mass is 16.2. The molecule has 1 N–H and O–H groups in total. The number of fused-ring (bicyclic) bond motifs is 1. The van der Waals surface area contributed by atoms with Gasteiger partial charge in [0.1, 0.15) is 5.82 Å². The van der Waals surface area contributed by atoms with Gasteiger partial charge in [-0.05, 0) is 44.4 Å². The highest BCUT2D eigenvalue weighted by Gasteiger charge is 2.33. The summed E-state index contributed by atoms with van der Waals surface area (Å²) in [7, 11) is 0. The van der Waals surface area contributed by atoms with Crippen molar-refractivity contribution in [1.82, 2.24) is 19.8 Å². The van der Waals surface area contributed by atoms with Crippen LogP contribution in [0.25, 0.3) is 0 Å². The SMILES string of the molecule is O=C(CC1CCCCC1)N1CC[C@H](c2nc3c(c(=O)[nH]2)CCN(C2CCCC2)C3)C1. The fourth-order valence-electron chi connectivity index (χ4n) is 6.23. The zero-order valence-corrected chi connectivity index (χ0v) is 18.2. The Bertz CT molecular complexity index is 823. The number of likely N-dealkylation sites (tertiary alicyclic amines) is 1. The number of nitrogens with one attached hydrogen (secondary N) is 1. The number of rotatable bonds is 4. The Labute approximate surface area is 179 Å². The summed E-state index contributed by atoms with van der Waals surface area (Å²) < 4.78 is 0. The Morgan fingerprint density at radius 2 is 1.77 bits per heavy atom. The van der Waals surface area contributed by atoms with E-state index < -0.39 is 0 Å². The summed E-state index contributed by atoms with van der Waals surface area (Å²) in [6.07, 6.45) is 13.9. The third-order valence-electron chi connectivity index (χ3n) is 8.08. The third-order valence-corrected chi connectivity index (χ3v) is 8.08. The predicted molar refractivity (Wildman–Crippen MR) is 116 cm³/mol. The fraction of sp³-hybridized carbons (Fsp3) is 0.792. The molecule has 3 heterocycles. The predicted octanol–water partition coefficient (Wildman–Crippen LogP) is 3.36. The summed E-state index contributed by atoms with van der Waals surface area (Å²) in [6.45, 7) is 3.30. The van der Waals surface area contributed by atoms with E-state index >= 15 is 0 Å². The Balaban J connectivity index is 1.25. The lowest BCUT2D eigenvalue weighted by atomic mass is 9.87. The minimum absolute atomic E-state index is 0.0491. The summed E-state index contributed by atoms with van der Waals surface area (Å²) >= 11 is 0. The van der Waals surface area contributed by atoms with Crippen LogP contribution in [0.1, 0.15) is 93.6 Å². The van der Waals surface area contributed by atoms with Crippen LogP contribution in [-0.4, -0.2) is 51.4 Å². The van der Waals surface area contributed by atoms with Gasteiger partial charge in [0.05, 0.1) is 5.69 Å². The van der Waals surface area contributed by atoms with Crippen molar-refractivity contribution in [2.45, 2.75) is 95.6 Å². The average Bonchev–Trinajstić information content (AvgIpc) is 3.46. The highest BCUT2D eigenvalue weighted by molar-refractivity contribution is 5.76. The summed E-state index contributed by atoms with van der Waals surface area (Å²) in [5.41, 5.74) is 1.92. The zero-order chi connectivity index (χ0) is 20.5. The first-order chi connectivity index (χ1) is 14.7. The number of amides is 1. The Morgan fingerprint density at radius 1 is 1.00 bits per heavy atom. The van der Waals surface area contributed by atoms with Crippen LogP contribution in [0.5, 0.6) is 0 Å². The molecule has 0 bridgehead atoms. The molecule has 0 spiro atoms. The van der Waals surface area contributed by atoms with Gasteiger partial charge in [-0.1, -0.05) is 32.1 Å².